The van der Waals surface area contributed by atoms with Gasteiger partial charge in [0.2, 0.25) is 5.91 Å². The second-order valence-electron chi connectivity index (χ2n) is 6.75. The average molecular weight is 280 g/mol. The lowest BCUT2D eigenvalue weighted by Crippen LogP contribution is -2.40. The number of rotatable bonds is 3. The smallest absolute Gasteiger partial charge is 0.225 e. The van der Waals surface area contributed by atoms with Gasteiger partial charge in [-0.3, -0.25) is 4.79 Å². The predicted molar refractivity (Wildman–Crippen MR) is 74.9 cm³/mol. The van der Waals surface area contributed by atoms with Crippen LogP contribution in [0.4, 0.5) is 0 Å². The molecule has 0 spiro atoms. The quantitative estimate of drug-likeness (QED) is 0.900. The maximum absolute atomic E-state index is 12.2. The van der Waals surface area contributed by atoms with Gasteiger partial charge in [-0.1, -0.05) is 20.8 Å². The molecule has 1 atom stereocenters. The van der Waals surface area contributed by atoms with Gasteiger partial charge >= 0.3 is 0 Å². The number of hydrogen-bond acceptors (Lipinski definition) is 4. The summed E-state index contributed by atoms with van der Waals surface area (Å²) in [5.41, 5.74) is 0.0267. The van der Waals surface area contributed by atoms with E-state index in [0.717, 1.165) is 18.2 Å². The number of nitrogens with zero attached hydrogens (tertiary/aromatic N) is 4. The first-order chi connectivity index (χ1) is 9.26. The van der Waals surface area contributed by atoms with Crippen molar-refractivity contribution in [1.82, 2.24) is 19.7 Å². The van der Waals surface area contributed by atoms with Crippen LogP contribution < -0.4 is 0 Å². The SMILES string of the molecule is Cc1nnc2n1CCN(C(=O)CC(O)CC(C)(C)C)C2. The van der Waals surface area contributed by atoms with Crippen molar-refractivity contribution in [3.63, 3.8) is 0 Å². The van der Waals surface area contributed by atoms with Crippen molar-refractivity contribution in [1.29, 1.82) is 0 Å². The number of fused-ring (bicyclic) bond motifs is 1. The molecule has 0 bridgehead atoms. The summed E-state index contributed by atoms with van der Waals surface area (Å²) in [6, 6.07) is 0. The highest BCUT2D eigenvalue weighted by atomic mass is 16.3. The molecule has 1 aliphatic heterocycles. The van der Waals surface area contributed by atoms with E-state index in [9.17, 15) is 9.90 Å². The van der Waals surface area contributed by atoms with Gasteiger partial charge in [0.05, 0.1) is 19.1 Å². The van der Waals surface area contributed by atoms with Crippen LogP contribution in [0.1, 0.15) is 45.3 Å². The Morgan fingerprint density at radius 3 is 2.70 bits per heavy atom. The second kappa shape index (κ2) is 5.52. The Balaban J connectivity index is 1.92. The van der Waals surface area contributed by atoms with Gasteiger partial charge in [-0.15, -0.1) is 10.2 Å². The maximum Gasteiger partial charge on any atom is 0.225 e. The number of hydrogen-bond donors (Lipinski definition) is 1. The molecule has 0 aliphatic carbocycles. The van der Waals surface area contributed by atoms with Crippen LogP contribution in [0, 0.1) is 12.3 Å². The largest absolute Gasteiger partial charge is 0.393 e. The maximum atomic E-state index is 12.2. The van der Waals surface area contributed by atoms with Crippen molar-refractivity contribution >= 4 is 5.91 Å². The highest BCUT2D eigenvalue weighted by Gasteiger charge is 2.26. The molecule has 1 aromatic rings. The minimum Gasteiger partial charge on any atom is -0.393 e. The van der Waals surface area contributed by atoms with Crippen LogP contribution in [0.3, 0.4) is 0 Å². The van der Waals surface area contributed by atoms with Crippen LogP contribution in [0.5, 0.6) is 0 Å². The lowest BCUT2D eigenvalue weighted by Gasteiger charge is -2.29. The van der Waals surface area contributed by atoms with Gasteiger partial charge in [-0.05, 0) is 18.8 Å². The summed E-state index contributed by atoms with van der Waals surface area (Å²) in [5.74, 6) is 1.71. The molecule has 2 rings (SSSR count). The first-order valence-corrected chi connectivity index (χ1v) is 7.11. The Bertz CT molecular complexity index is 490. The molecule has 6 heteroatoms. The first-order valence-electron chi connectivity index (χ1n) is 7.11. The lowest BCUT2D eigenvalue weighted by molar-refractivity contribution is -0.135. The van der Waals surface area contributed by atoms with E-state index >= 15 is 0 Å². The number of aliphatic hydroxyl groups excluding tert-OH is 1. The summed E-state index contributed by atoms with van der Waals surface area (Å²) in [6.07, 6.45) is 0.232. The fraction of sp³-hybridized carbons (Fsp3) is 0.786. The summed E-state index contributed by atoms with van der Waals surface area (Å²) in [6.45, 7) is 9.98. The molecule has 2 heterocycles. The first kappa shape index (κ1) is 15.0. The zero-order chi connectivity index (χ0) is 14.9. The fourth-order valence-corrected chi connectivity index (χ4v) is 2.63. The van der Waals surface area contributed by atoms with Crippen LogP contribution in [-0.4, -0.2) is 43.3 Å². The molecule has 112 valence electrons. The van der Waals surface area contributed by atoms with Crippen LogP contribution in [-0.2, 0) is 17.9 Å². The van der Waals surface area contributed by atoms with Crippen LogP contribution >= 0.6 is 0 Å². The summed E-state index contributed by atoms with van der Waals surface area (Å²) >= 11 is 0. The van der Waals surface area contributed by atoms with E-state index in [1.807, 2.05) is 11.5 Å². The van der Waals surface area contributed by atoms with Crippen molar-refractivity contribution < 1.29 is 9.90 Å². The highest BCUT2D eigenvalue weighted by Crippen LogP contribution is 2.23. The molecule has 0 saturated carbocycles. The Kier molecular flexibility index (Phi) is 4.13. The molecule has 0 fully saturated rings. The zero-order valence-corrected chi connectivity index (χ0v) is 12.8. The van der Waals surface area contributed by atoms with E-state index in [0.29, 0.717) is 19.5 Å². The van der Waals surface area contributed by atoms with Crippen molar-refractivity contribution in [2.75, 3.05) is 6.54 Å². The third-order valence-electron chi connectivity index (χ3n) is 3.55. The molecule has 1 amide bonds. The standard InChI is InChI=1S/C14H24N4O2/c1-10-15-16-12-9-17(5-6-18(10)12)13(20)7-11(19)8-14(2,3)4/h11,19H,5-9H2,1-4H3. The predicted octanol–water partition coefficient (Wildman–Crippen LogP) is 1.12. The van der Waals surface area contributed by atoms with Gasteiger partial charge < -0.3 is 14.6 Å². The van der Waals surface area contributed by atoms with Gasteiger partial charge in [-0.2, -0.15) is 0 Å². The topological polar surface area (TPSA) is 71.2 Å². The Morgan fingerprint density at radius 2 is 2.05 bits per heavy atom. The summed E-state index contributed by atoms with van der Waals surface area (Å²) in [7, 11) is 0. The van der Waals surface area contributed by atoms with Crippen LogP contribution in [0.2, 0.25) is 0 Å². The number of aromatic nitrogens is 3. The van der Waals surface area contributed by atoms with E-state index in [4.69, 9.17) is 0 Å². The van der Waals surface area contributed by atoms with Gasteiger partial charge in [0.1, 0.15) is 5.82 Å². The molecule has 6 nitrogen and oxygen atoms in total. The third-order valence-corrected chi connectivity index (χ3v) is 3.55. The number of carbonyl (C=O) groups excluding carboxylic acids is 1. The summed E-state index contributed by atoms with van der Waals surface area (Å²) < 4.78 is 2.04. The molecular weight excluding hydrogens is 256 g/mol. The van der Waals surface area contributed by atoms with E-state index in [2.05, 4.69) is 31.0 Å². The van der Waals surface area contributed by atoms with Crippen LogP contribution in [0.15, 0.2) is 0 Å². The molecule has 1 aromatic heterocycles. The highest BCUT2D eigenvalue weighted by molar-refractivity contribution is 5.76. The van der Waals surface area contributed by atoms with Crippen molar-refractivity contribution in [2.45, 2.75) is 59.7 Å². The number of amides is 1. The molecule has 1 aliphatic rings. The van der Waals surface area contributed by atoms with E-state index in [1.165, 1.54) is 0 Å². The molecule has 0 radical (unpaired) electrons. The number of carbonyl (C=O) groups is 1. The molecule has 20 heavy (non-hydrogen) atoms. The van der Waals surface area contributed by atoms with Gasteiger partial charge in [-0.25, -0.2) is 0 Å². The summed E-state index contributed by atoms with van der Waals surface area (Å²) in [5, 5.41) is 18.1. The Hall–Kier alpha value is -1.43. The van der Waals surface area contributed by atoms with Crippen molar-refractivity contribution in [3.05, 3.63) is 11.6 Å². The second-order valence-corrected chi connectivity index (χ2v) is 6.75. The normalized spacial score (nSPS) is 16.9. The van der Waals surface area contributed by atoms with Crippen molar-refractivity contribution in [3.8, 4) is 0 Å². The Morgan fingerprint density at radius 1 is 1.35 bits per heavy atom. The molecule has 1 N–H and O–H groups in total. The van der Waals surface area contributed by atoms with E-state index in [1.54, 1.807) is 4.90 Å². The monoisotopic (exact) mass is 280 g/mol. The number of aryl methyl sites for hydroxylation is 1. The molecule has 0 saturated heterocycles. The average Bonchev–Trinajstić information content (AvgIpc) is 2.68. The van der Waals surface area contributed by atoms with E-state index < -0.39 is 6.10 Å². The minimum absolute atomic E-state index is 0.00588. The molecule has 1 unspecified atom stereocenters. The molecular formula is C14H24N4O2. The van der Waals surface area contributed by atoms with E-state index in [-0.39, 0.29) is 17.7 Å². The van der Waals surface area contributed by atoms with Gasteiger partial charge in [0.15, 0.2) is 5.82 Å². The van der Waals surface area contributed by atoms with Crippen molar-refractivity contribution in [2.24, 2.45) is 5.41 Å². The van der Waals surface area contributed by atoms with Crippen LogP contribution in [0.25, 0.3) is 0 Å². The Labute approximate surface area is 119 Å². The molecule has 0 aromatic carbocycles. The van der Waals surface area contributed by atoms with Gasteiger partial charge in [0, 0.05) is 13.1 Å². The number of aliphatic hydroxyl groups is 1. The van der Waals surface area contributed by atoms with Gasteiger partial charge in [0.25, 0.3) is 0 Å². The zero-order valence-electron chi connectivity index (χ0n) is 12.8. The third kappa shape index (κ3) is 3.56. The minimum atomic E-state index is -0.580. The lowest BCUT2D eigenvalue weighted by atomic mass is 9.88. The summed E-state index contributed by atoms with van der Waals surface area (Å²) in [4.78, 5) is 14.0. The fourth-order valence-electron chi connectivity index (χ4n) is 2.63.